The quantitative estimate of drug-likeness (QED) is 0.393. The zero-order valence-corrected chi connectivity index (χ0v) is 11.9. The Bertz CT molecular complexity index is 203. The molecule has 1 saturated heterocycles. The fourth-order valence-corrected chi connectivity index (χ4v) is 4.60. The molecule has 94 valence electrons. The second-order valence-electron chi connectivity index (χ2n) is 4.28. The van der Waals surface area contributed by atoms with Crippen molar-refractivity contribution in [3.05, 3.63) is 0 Å². The molecule has 0 radical (unpaired) electrons. The summed E-state index contributed by atoms with van der Waals surface area (Å²) in [5.74, 6) is 1.27. The first-order valence-electron chi connectivity index (χ1n) is 6.20. The van der Waals surface area contributed by atoms with Crippen molar-refractivity contribution in [1.29, 1.82) is 0 Å². The van der Waals surface area contributed by atoms with E-state index in [1.54, 1.807) is 0 Å². The van der Waals surface area contributed by atoms with Gasteiger partial charge in [0.05, 0.1) is 6.10 Å². The van der Waals surface area contributed by atoms with Crippen LogP contribution in [0.15, 0.2) is 0 Å². The number of hydrogen-bond acceptors (Lipinski definition) is 4. The van der Waals surface area contributed by atoms with Crippen LogP contribution in [0.2, 0.25) is 0 Å². The summed E-state index contributed by atoms with van der Waals surface area (Å²) < 4.78 is 5.22. The molecule has 1 heterocycles. The highest BCUT2D eigenvalue weighted by Gasteiger charge is 2.16. The molecule has 16 heavy (non-hydrogen) atoms. The van der Waals surface area contributed by atoms with Gasteiger partial charge in [0.2, 0.25) is 0 Å². The molecule has 0 aromatic rings. The van der Waals surface area contributed by atoms with E-state index in [-0.39, 0.29) is 12.1 Å². The molecule has 1 fully saturated rings. The average molecular weight is 262 g/mol. The summed E-state index contributed by atoms with van der Waals surface area (Å²) in [4.78, 5) is 11.4. The minimum absolute atomic E-state index is 0.0252. The summed E-state index contributed by atoms with van der Waals surface area (Å²) in [5, 5.41) is 0.829. The predicted molar refractivity (Wildman–Crippen MR) is 72.8 cm³/mol. The predicted octanol–water partition coefficient (Wildman–Crippen LogP) is 4.04. The van der Waals surface area contributed by atoms with Gasteiger partial charge in [-0.05, 0) is 32.6 Å². The Labute approximate surface area is 107 Å². The summed E-state index contributed by atoms with van der Waals surface area (Å²) >= 11 is 0. The molecular weight excluding hydrogens is 240 g/mol. The lowest BCUT2D eigenvalue weighted by Gasteiger charge is -2.11. The van der Waals surface area contributed by atoms with Gasteiger partial charge in [-0.15, -0.1) is 0 Å². The Morgan fingerprint density at radius 3 is 2.94 bits per heavy atom. The Morgan fingerprint density at radius 1 is 1.50 bits per heavy atom. The normalized spacial score (nSPS) is 22.0. The minimum Gasteiger partial charge on any atom is -0.463 e. The zero-order valence-electron chi connectivity index (χ0n) is 10.2. The Balaban J connectivity index is 1.95. The summed E-state index contributed by atoms with van der Waals surface area (Å²) in [7, 11) is 4.00. The molecule has 0 saturated carbocycles. The Morgan fingerprint density at radius 2 is 2.31 bits per heavy atom. The van der Waals surface area contributed by atoms with Crippen LogP contribution in [0.25, 0.3) is 0 Å². The van der Waals surface area contributed by atoms with Crippen LogP contribution in [0, 0.1) is 0 Å². The van der Waals surface area contributed by atoms with Gasteiger partial charge in [0, 0.05) is 17.4 Å². The molecule has 1 rings (SSSR count). The van der Waals surface area contributed by atoms with Gasteiger partial charge in [0.25, 0.3) is 0 Å². The van der Waals surface area contributed by atoms with Crippen LogP contribution in [-0.2, 0) is 9.53 Å². The Hall–Kier alpha value is 0.170. The van der Waals surface area contributed by atoms with Crippen LogP contribution in [0.3, 0.4) is 0 Å². The maximum Gasteiger partial charge on any atom is 0.306 e. The molecule has 0 aliphatic carbocycles. The van der Waals surface area contributed by atoms with E-state index >= 15 is 0 Å². The van der Waals surface area contributed by atoms with Crippen LogP contribution < -0.4 is 0 Å². The molecule has 1 aliphatic rings. The lowest BCUT2D eigenvalue weighted by molar-refractivity contribution is -0.148. The molecular formula is C12H22O2S2. The third-order valence-corrected chi connectivity index (χ3v) is 5.80. The topological polar surface area (TPSA) is 26.3 Å². The van der Waals surface area contributed by atoms with Gasteiger partial charge >= 0.3 is 5.97 Å². The van der Waals surface area contributed by atoms with Crippen molar-refractivity contribution >= 4 is 27.6 Å². The van der Waals surface area contributed by atoms with E-state index in [1.807, 2.05) is 35.4 Å². The number of unbranched alkanes of at least 4 members (excludes halogenated alkanes) is 1. The Kier molecular flexibility index (Phi) is 7.37. The van der Waals surface area contributed by atoms with Crippen molar-refractivity contribution in [3.63, 3.8) is 0 Å². The van der Waals surface area contributed by atoms with Crippen LogP contribution >= 0.6 is 21.6 Å². The third-order valence-electron chi connectivity index (χ3n) is 2.79. The molecule has 2 atom stereocenters. The SMILES string of the molecule is CCC(C)OC(=O)CCCCC1CCSS1. The largest absolute Gasteiger partial charge is 0.463 e. The van der Waals surface area contributed by atoms with Gasteiger partial charge in [-0.3, -0.25) is 4.79 Å². The maximum atomic E-state index is 11.4. The van der Waals surface area contributed by atoms with Crippen molar-refractivity contribution in [3.8, 4) is 0 Å². The standard InChI is InChI=1S/C12H22O2S2/c1-3-10(2)14-12(13)7-5-4-6-11-8-9-15-16-11/h10-11H,3-9H2,1-2H3. The van der Waals surface area contributed by atoms with Gasteiger partial charge in [-0.2, -0.15) is 0 Å². The number of ether oxygens (including phenoxy) is 1. The molecule has 0 N–H and O–H groups in total. The first-order valence-corrected chi connectivity index (χ1v) is 8.58. The number of carbonyl (C=O) groups excluding carboxylic acids is 1. The molecule has 0 bridgehead atoms. The first kappa shape index (κ1) is 14.2. The average Bonchev–Trinajstić information content (AvgIpc) is 2.77. The van der Waals surface area contributed by atoms with Crippen molar-refractivity contribution in [2.45, 2.75) is 63.7 Å². The zero-order chi connectivity index (χ0) is 11.8. The van der Waals surface area contributed by atoms with Crippen molar-refractivity contribution in [2.75, 3.05) is 5.75 Å². The van der Waals surface area contributed by atoms with Gasteiger partial charge < -0.3 is 4.74 Å². The molecule has 0 aromatic heterocycles. The second-order valence-corrected chi connectivity index (χ2v) is 7.07. The summed E-state index contributed by atoms with van der Waals surface area (Å²) in [6, 6.07) is 0. The van der Waals surface area contributed by atoms with Crippen LogP contribution in [0.4, 0.5) is 0 Å². The highest BCUT2D eigenvalue weighted by atomic mass is 33.1. The summed E-state index contributed by atoms with van der Waals surface area (Å²) in [6.45, 7) is 3.98. The van der Waals surface area contributed by atoms with Gasteiger partial charge in [-0.1, -0.05) is 34.9 Å². The van der Waals surface area contributed by atoms with E-state index in [0.717, 1.165) is 24.5 Å². The number of rotatable bonds is 7. The van der Waals surface area contributed by atoms with E-state index in [2.05, 4.69) is 0 Å². The highest BCUT2D eigenvalue weighted by Crippen LogP contribution is 2.39. The van der Waals surface area contributed by atoms with Crippen LogP contribution in [0.5, 0.6) is 0 Å². The van der Waals surface area contributed by atoms with E-state index in [4.69, 9.17) is 4.74 Å². The summed E-state index contributed by atoms with van der Waals surface area (Å²) in [5.41, 5.74) is 0. The van der Waals surface area contributed by atoms with Crippen LogP contribution in [0.1, 0.15) is 52.4 Å². The fraction of sp³-hybridized carbons (Fsp3) is 0.917. The second kappa shape index (κ2) is 8.29. The van der Waals surface area contributed by atoms with Gasteiger partial charge in [0.15, 0.2) is 0 Å². The number of hydrogen-bond donors (Lipinski definition) is 0. The molecule has 4 heteroatoms. The first-order chi connectivity index (χ1) is 7.72. The fourth-order valence-electron chi connectivity index (χ4n) is 1.57. The van der Waals surface area contributed by atoms with Crippen molar-refractivity contribution < 1.29 is 9.53 Å². The lowest BCUT2D eigenvalue weighted by Crippen LogP contribution is -2.13. The molecule has 0 aromatic carbocycles. The van der Waals surface area contributed by atoms with Gasteiger partial charge in [0.1, 0.15) is 0 Å². The number of esters is 1. The molecule has 0 amide bonds. The molecule has 2 nitrogen and oxygen atoms in total. The minimum atomic E-state index is -0.0252. The van der Waals surface area contributed by atoms with Crippen LogP contribution in [-0.4, -0.2) is 23.1 Å². The van der Waals surface area contributed by atoms with E-state index < -0.39 is 0 Å². The lowest BCUT2D eigenvalue weighted by atomic mass is 10.1. The summed E-state index contributed by atoms with van der Waals surface area (Å²) in [6.07, 6.45) is 6.32. The maximum absolute atomic E-state index is 11.4. The molecule has 0 spiro atoms. The monoisotopic (exact) mass is 262 g/mol. The van der Waals surface area contributed by atoms with Crippen molar-refractivity contribution in [2.24, 2.45) is 0 Å². The number of carbonyl (C=O) groups is 1. The highest BCUT2D eigenvalue weighted by molar-refractivity contribution is 8.77. The third kappa shape index (κ3) is 6.04. The smallest absolute Gasteiger partial charge is 0.306 e. The molecule has 1 aliphatic heterocycles. The van der Waals surface area contributed by atoms with E-state index in [0.29, 0.717) is 6.42 Å². The molecule has 2 unspecified atom stereocenters. The van der Waals surface area contributed by atoms with Gasteiger partial charge in [-0.25, -0.2) is 0 Å². The van der Waals surface area contributed by atoms with E-state index in [9.17, 15) is 4.79 Å². The van der Waals surface area contributed by atoms with Crippen molar-refractivity contribution in [1.82, 2.24) is 0 Å². The van der Waals surface area contributed by atoms with E-state index in [1.165, 1.54) is 18.6 Å².